The summed E-state index contributed by atoms with van der Waals surface area (Å²) in [5.74, 6) is -1.68. The van der Waals surface area contributed by atoms with Crippen molar-refractivity contribution in [2.75, 3.05) is 11.5 Å². The van der Waals surface area contributed by atoms with E-state index in [0.717, 1.165) is 23.8 Å². The van der Waals surface area contributed by atoms with E-state index < -0.39 is 17.6 Å². The summed E-state index contributed by atoms with van der Waals surface area (Å²) in [5, 5.41) is 9.11. The molecule has 0 bridgehead atoms. The second-order valence-electron chi connectivity index (χ2n) is 5.79. The summed E-state index contributed by atoms with van der Waals surface area (Å²) in [6, 6.07) is 2.37. The molecule has 0 unspecified atom stereocenters. The van der Waals surface area contributed by atoms with Crippen molar-refractivity contribution in [3.05, 3.63) is 39.7 Å². The van der Waals surface area contributed by atoms with Gasteiger partial charge in [0.05, 0.1) is 10.7 Å². The molecule has 1 aromatic carbocycles. The zero-order valence-electron chi connectivity index (χ0n) is 12.8. The molecule has 0 fully saturated rings. The van der Waals surface area contributed by atoms with Crippen molar-refractivity contribution in [3.8, 4) is 0 Å². The normalized spacial score (nSPS) is 17.5. The molecule has 3 rings (SSSR count). The van der Waals surface area contributed by atoms with Gasteiger partial charge in [-0.1, -0.05) is 23.8 Å². The highest BCUT2D eigenvalue weighted by Crippen LogP contribution is 2.38. The average molecular weight is 368 g/mol. The Morgan fingerprint density at radius 3 is 2.33 bits per heavy atom. The number of rotatable bonds is 4. The summed E-state index contributed by atoms with van der Waals surface area (Å²) in [5.41, 5.74) is 1.18. The number of carbonyl (C=O) groups excluding carboxylic acids is 2. The quantitative estimate of drug-likeness (QED) is 0.504. The number of hydrogen-bond donors (Lipinski definition) is 1. The number of thiocarbonyl (C=S) groups is 1. The third-order valence-electron chi connectivity index (χ3n) is 4.31. The zero-order chi connectivity index (χ0) is 17.4. The number of nitrogens with zero attached hydrogens (tertiary/aromatic N) is 1. The topological polar surface area (TPSA) is 57.6 Å². The first-order valence-electron chi connectivity index (χ1n) is 7.69. The third-order valence-corrected chi connectivity index (χ3v) is 5.04. The highest BCUT2D eigenvalue weighted by Gasteiger charge is 2.41. The number of amides is 2. The van der Waals surface area contributed by atoms with E-state index in [0.29, 0.717) is 34.4 Å². The second kappa shape index (κ2) is 6.70. The predicted octanol–water partition coefficient (Wildman–Crippen LogP) is 3.32. The van der Waals surface area contributed by atoms with Crippen LogP contribution < -0.4 is 4.90 Å². The minimum atomic E-state index is -0.753. The van der Waals surface area contributed by atoms with Crippen LogP contribution in [0.15, 0.2) is 23.3 Å². The van der Waals surface area contributed by atoms with E-state index >= 15 is 0 Å². The largest absolute Gasteiger partial charge is 0.396 e. The van der Waals surface area contributed by atoms with Gasteiger partial charge >= 0.3 is 0 Å². The highest BCUT2D eigenvalue weighted by molar-refractivity contribution is 7.80. The Kier molecular flexibility index (Phi) is 4.80. The maximum Gasteiger partial charge on any atom is 0.261 e. The molecule has 0 saturated heterocycles. The molecule has 0 atom stereocenters. The smallest absolute Gasteiger partial charge is 0.261 e. The molecule has 7 heteroatoms. The summed E-state index contributed by atoms with van der Waals surface area (Å²) in [4.78, 5) is 26.4. The van der Waals surface area contributed by atoms with E-state index in [-0.39, 0.29) is 23.7 Å². The molecule has 1 aliphatic carbocycles. The van der Waals surface area contributed by atoms with Crippen LogP contribution in [-0.2, 0) is 9.59 Å². The first-order chi connectivity index (χ1) is 11.5. The summed E-state index contributed by atoms with van der Waals surface area (Å²) in [6.45, 7) is -0.167. The molecule has 1 N–H and O–H groups in total. The predicted molar refractivity (Wildman–Crippen MR) is 92.8 cm³/mol. The van der Waals surface area contributed by atoms with Gasteiger partial charge in [0.2, 0.25) is 0 Å². The van der Waals surface area contributed by atoms with E-state index in [2.05, 4.69) is 0 Å². The van der Waals surface area contributed by atoms with Gasteiger partial charge in [0.15, 0.2) is 0 Å². The van der Waals surface area contributed by atoms with Crippen molar-refractivity contribution >= 4 is 46.2 Å². The van der Waals surface area contributed by atoms with Crippen molar-refractivity contribution in [2.24, 2.45) is 0 Å². The molecule has 2 amide bonds. The Morgan fingerprint density at radius 1 is 1.21 bits per heavy atom. The second-order valence-corrected chi connectivity index (χ2v) is 6.69. The number of aliphatic hydroxyl groups is 1. The molecular formula is C17H15ClFNO3S. The number of benzene rings is 1. The standard InChI is InChI=1S/C17H15ClFNO3S/c18-12-8-13(19)14(7-11(12)15(24)5-6-21)20-16(22)9-3-1-2-4-10(9)17(20)23/h7-8,21H,1-6H2. The first-order valence-corrected chi connectivity index (χ1v) is 8.48. The van der Waals surface area contributed by atoms with Crippen LogP contribution in [0.4, 0.5) is 10.1 Å². The Bertz CT molecular complexity index is 762. The van der Waals surface area contributed by atoms with Gasteiger partial charge in [-0.15, -0.1) is 0 Å². The summed E-state index contributed by atoms with van der Waals surface area (Å²) in [6.07, 6.45) is 2.97. The molecule has 0 radical (unpaired) electrons. The average Bonchev–Trinajstić information content (AvgIpc) is 2.80. The van der Waals surface area contributed by atoms with Crippen LogP contribution in [0, 0.1) is 5.82 Å². The van der Waals surface area contributed by atoms with Crippen molar-refractivity contribution < 1.29 is 19.1 Å². The Balaban J connectivity index is 2.04. The van der Waals surface area contributed by atoms with Gasteiger partial charge in [0.1, 0.15) is 5.82 Å². The lowest BCUT2D eigenvalue weighted by atomic mass is 9.93. The number of hydrogen-bond acceptors (Lipinski definition) is 4. The van der Waals surface area contributed by atoms with Gasteiger partial charge in [0, 0.05) is 34.6 Å². The first kappa shape index (κ1) is 17.2. The Morgan fingerprint density at radius 2 is 1.79 bits per heavy atom. The molecule has 0 aromatic heterocycles. The lowest BCUT2D eigenvalue weighted by Crippen LogP contribution is -2.32. The van der Waals surface area contributed by atoms with Crippen molar-refractivity contribution in [1.82, 2.24) is 0 Å². The summed E-state index contributed by atoms with van der Waals surface area (Å²) < 4.78 is 14.4. The fraction of sp³-hybridized carbons (Fsp3) is 0.353. The molecule has 126 valence electrons. The Labute approximate surface area is 148 Å². The van der Waals surface area contributed by atoms with Crippen LogP contribution in [0.5, 0.6) is 0 Å². The van der Waals surface area contributed by atoms with Gasteiger partial charge in [-0.3, -0.25) is 9.59 Å². The van der Waals surface area contributed by atoms with Gasteiger partial charge < -0.3 is 5.11 Å². The molecule has 4 nitrogen and oxygen atoms in total. The monoisotopic (exact) mass is 367 g/mol. The number of halogens is 2. The lowest BCUT2D eigenvalue weighted by Gasteiger charge is -2.18. The minimum absolute atomic E-state index is 0.0894. The summed E-state index contributed by atoms with van der Waals surface area (Å²) >= 11 is 11.2. The molecule has 1 aliphatic heterocycles. The van der Waals surface area contributed by atoms with Crippen molar-refractivity contribution in [1.29, 1.82) is 0 Å². The number of imide groups is 1. The number of aliphatic hydroxyl groups excluding tert-OH is 1. The van der Waals surface area contributed by atoms with E-state index in [1.165, 1.54) is 6.07 Å². The maximum atomic E-state index is 14.4. The van der Waals surface area contributed by atoms with Gasteiger partial charge in [-0.2, -0.15) is 0 Å². The fourth-order valence-electron chi connectivity index (χ4n) is 3.12. The van der Waals surface area contributed by atoms with Crippen molar-refractivity contribution in [2.45, 2.75) is 32.1 Å². The van der Waals surface area contributed by atoms with E-state index in [9.17, 15) is 14.0 Å². The maximum absolute atomic E-state index is 14.4. The minimum Gasteiger partial charge on any atom is -0.396 e. The van der Waals surface area contributed by atoms with Crippen LogP contribution in [0.2, 0.25) is 5.02 Å². The molecule has 0 spiro atoms. The molecule has 24 heavy (non-hydrogen) atoms. The van der Waals surface area contributed by atoms with Crippen LogP contribution in [0.3, 0.4) is 0 Å². The molecular weight excluding hydrogens is 353 g/mol. The lowest BCUT2D eigenvalue weighted by molar-refractivity contribution is -0.120. The van der Waals surface area contributed by atoms with Gasteiger partial charge in [-0.25, -0.2) is 9.29 Å². The fourth-order valence-corrected chi connectivity index (χ4v) is 3.70. The van der Waals surface area contributed by atoms with Gasteiger partial charge in [-0.05, 0) is 37.8 Å². The van der Waals surface area contributed by atoms with Crippen molar-refractivity contribution in [3.63, 3.8) is 0 Å². The zero-order valence-corrected chi connectivity index (χ0v) is 14.3. The molecule has 2 aliphatic rings. The van der Waals surface area contributed by atoms with Gasteiger partial charge in [0.25, 0.3) is 11.8 Å². The Hall–Kier alpha value is -1.63. The molecule has 0 saturated carbocycles. The SMILES string of the molecule is O=C1C2=C(CCCC2)C(=O)N1c1cc(C(=S)CCO)c(Cl)cc1F. The van der Waals surface area contributed by atoms with Crippen LogP contribution in [0.1, 0.15) is 37.7 Å². The van der Waals surface area contributed by atoms with E-state index in [4.69, 9.17) is 28.9 Å². The van der Waals surface area contributed by atoms with E-state index in [1.54, 1.807) is 0 Å². The van der Waals surface area contributed by atoms with Crippen LogP contribution >= 0.6 is 23.8 Å². The third kappa shape index (κ3) is 2.79. The summed E-state index contributed by atoms with van der Waals surface area (Å²) in [7, 11) is 0. The van der Waals surface area contributed by atoms with Crippen LogP contribution in [0.25, 0.3) is 0 Å². The molecule has 1 heterocycles. The number of carbonyl (C=O) groups is 2. The number of anilines is 1. The van der Waals surface area contributed by atoms with E-state index in [1.807, 2.05) is 0 Å². The molecule has 1 aromatic rings. The van der Waals surface area contributed by atoms with Crippen LogP contribution in [-0.4, -0.2) is 28.4 Å². The highest BCUT2D eigenvalue weighted by atomic mass is 35.5.